The van der Waals surface area contributed by atoms with Crippen LogP contribution in [0.2, 0.25) is 0 Å². The summed E-state index contributed by atoms with van der Waals surface area (Å²) in [5.74, 6) is 1.06. The number of carbonyl (C=O) groups excluding carboxylic acids is 1. The molecule has 3 rings (SSSR count). The van der Waals surface area contributed by atoms with Crippen molar-refractivity contribution >= 4 is 17.9 Å². The van der Waals surface area contributed by atoms with Gasteiger partial charge in [0, 0.05) is 13.1 Å². The SMILES string of the molecule is CC.CC1CN(CC2CC2)C(=O)CCO1.CNSC.c1ccccc1. The molecule has 0 spiro atoms. The van der Waals surface area contributed by atoms with Gasteiger partial charge >= 0.3 is 0 Å². The van der Waals surface area contributed by atoms with E-state index < -0.39 is 0 Å². The summed E-state index contributed by atoms with van der Waals surface area (Å²) in [7, 11) is 1.89. The Labute approximate surface area is 158 Å². The monoisotopic (exact) mass is 368 g/mol. The van der Waals surface area contributed by atoms with Crippen LogP contribution in [0.25, 0.3) is 0 Å². The second kappa shape index (κ2) is 16.4. The normalized spacial score (nSPS) is 19.2. The van der Waals surface area contributed by atoms with Gasteiger partial charge < -0.3 is 9.64 Å². The Hall–Kier alpha value is -1.04. The summed E-state index contributed by atoms with van der Waals surface area (Å²) in [6.07, 6.45) is 5.37. The largest absolute Gasteiger partial charge is 0.376 e. The molecule has 2 aliphatic rings. The molecule has 25 heavy (non-hydrogen) atoms. The van der Waals surface area contributed by atoms with E-state index >= 15 is 0 Å². The summed E-state index contributed by atoms with van der Waals surface area (Å²) in [5, 5.41) is 0. The number of hydrogen-bond donors (Lipinski definition) is 1. The molecule has 0 radical (unpaired) electrons. The number of amides is 1. The molecule has 4 nitrogen and oxygen atoms in total. The maximum absolute atomic E-state index is 11.6. The molecule has 1 aromatic carbocycles. The molecule has 1 aliphatic heterocycles. The molecule has 1 saturated heterocycles. The Balaban J connectivity index is 0.000000401. The van der Waals surface area contributed by atoms with Gasteiger partial charge in [-0.25, -0.2) is 0 Å². The first-order valence-electron chi connectivity index (χ1n) is 9.26. The van der Waals surface area contributed by atoms with Gasteiger partial charge in [-0.3, -0.25) is 9.52 Å². The first-order chi connectivity index (χ1) is 12.2. The Morgan fingerprint density at radius 2 is 1.64 bits per heavy atom. The Morgan fingerprint density at radius 1 is 1.16 bits per heavy atom. The third-order valence-electron chi connectivity index (χ3n) is 3.59. The van der Waals surface area contributed by atoms with Crippen molar-refractivity contribution in [1.82, 2.24) is 9.62 Å². The van der Waals surface area contributed by atoms with Gasteiger partial charge in [-0.05, 0) is 39.0 Å². The molecule has 0 aromatic heterocycles. The topological polar surface area (TPSA) is 41.6 Å². The summed E-state index contributed by atoms with van der Waals surface area (Å²) in [6.45, 7) is 8.39. The fraction of sp³-hybridized carbons (Fsp3) is 0.650. The van der Waals surface area contributed by atoms with E-state index in [0.717, 1.165) is 19.0 Å². The summed E-state index contributed by atoms with van der Waals surface area (Å²) < 4.78 is 8.29. The Kier molecular flexibility index (Phi) is 15.7. The molecule has 1 atom stereocenters. The highest BCUT2D eigenvalue weighted by atomic mass is 32.2. The van der Waals surface area contributed by atoms with Crippen LogP contribution in [0.5, 0.6) is 0 Å². The van der Waals surface area contributed by atoms with Crippen molar-refractivity contribution in [2.75, 3.05) is 33.0 Å². The first-order valence-corrected chi connectivity index (χ1v) is 10.5. The zero-order chi connectivity index (χ0) is 18.9. The summed E-state index contributed by atoms with van der Waals surface area (Å²) >= 11 is 1.61. The second-order valence-corrected chi connectivity index (χ2v) is 6.55. The molecule has 144 valence electrons. The molecule has 1 saturated carbocycles. The highest BCUT2D eigenvalue weighted by Gasteiger charge is 2.28. The standard InChI is InChI=1S/C10H17NO2.C6H6.C2H7NS.C2H6/c1-8-6-11(7-9-2-3-9)10(12)4-5-13-8;1-2-4-6-5-3-1;1-3-4-2;1-2/h8-9H,2-7H2,1H3;1-6H;3H,1-2H3;1-2H3. The van der Waals surface area contributed by atoms with Crippen LogP contribution in [0.1, 0.15) is 40.0 Å². The van der Waals surface area contributed by atoms with Crippen LogP contribution in [-0.2, 0) is 9.53 Å². The fourth-order valence-electron chi connectivity index (χ4n) is 2.14. The van der Waals surface area contributed by atoms with E-state index in [1.54, 1.807) is 11.9 Å². The van der Waals surface area contributed by atoms with E-state index in [1.165, 1.54) is 12.8 Å². The van der Waals surface area contributed by atoms with Crippen molar-refractivity contribution in [1.29, 1.82) is 0 Å². The predicted octanol–water partition coefficient (Wildman–Crippen LogP) is 4.23. The van der Waals surface area contributed by atoms with Crippen LogP contribution < -0.4 is 4.72 Å². The highest BCUT2D eigenvalue weighted by molar-refractivity contribution is 7.96. The molecule has 1 aliphatic carbocycles. The van der Waals surface area contributed by atoms with Gasteiger partial charge in [-0.15, -0.1) is 0 Å². The van der Waals surface area contributed by atoms with E-state index in [4.69, 9.17) is 4.74 Å². The number of ether oxygens (including phenoxy) is 1. The third-order valence-corrected chi connectivity index (χ3v) is 4.00. The zero-order valence-corrected chi connectivity index (χ0v) is 17.3. The Bertz CT molecular complexity index is 385. The van der Waals surface area contributed by atoms with Crippen LogP contribution >= 0.6 is 11.9 Å². The average Bonchev–Trinajstić information content (AvgIpc) is 3.50. The predicted molar refractivity (Wildman–Crippen MR) is 110 cm³/mol. The lowest BCUT2D eigenvalue weighted by Crippen LogP contribution is -2.35. The molecular formula is C20H36N2O2S. The minimum atomic E-state index is 0.213. The molecular weight excluding hydrogens is 332 g/mol. The van der Waals surface area contributed by atoms with Crippen LogP contribution in [0.3, 0.4) is 0 Å². The van der Waals surface area contributed by atoms with Crippen LogP contribution in [-0.4, -0.2) is 49.9 Å². The average molecular weight is 369 g/mol. The second-order valence-electron chi connectivity index (χ2n) is 5.74. The lowest BCUT2D eigenvalue weighted by atomic mass is 10.3. The first kappa shape index (κ1) is 24.0. The molecule has 1 amide bonds. The van der Waals surface area contributed by atoms with Gasteiger partial charge in [0.15, 0.2) is 0 Å². The van der Waals surface area contributed by atoms with E-state index in [0.29, 0.717) is 13.0 Å². The van der Waals surface area contributed by atoms with Crippen LogP contribution in [0, 0.1) is 5.92 Å². The van der Waals surface area contributed by atoms with E-state index in [9.17, 15) is 4.79 Å². The van der Waals surface area contributed by atoms with E-state index in [-0.39, 0.29) is 12.0 Å². The quantitative estimate of drug-likeness (QED) is 0.811. The number of carbonyl (C=O) groups is 1. The van der Waals surface area contributed by atoms with Crippen molar-refractivity contribution in [3.63, 3.8) is 0 Å². The third kappa shape index (κ3) is 13.9. The van der Waals surface area contributed by atoms with Crippen molar-refractivity contribution in [2.24, 2.45) is 5.92 Å². The maximum atomic E-state index is 11.6. The maximum Gasteiger partial charge on any atom is 0.224 e. The molecule has 2 fully saturated rings. The van der Waals surface area contributed by atoms with E-state index in [1.807, 2.05) is 75.4 Å². The molecule has 1 aromatic rings. The van der Waals surface area contributed by atoms with E-state index in [2.05, 4.69) is 4.72 Å². The van der Waals surface area contributed by atoms with Crippen molar-refractivity contribution in [3.05, 3.63) is 36.4 Å². The van der Waals surface area contributed by atoms with Gasteiger partial charge in [0.1, 0.15) is 0 Å². The summed E-state index contributed by atoms with van der Waals surface area (Å²) in [5.41, 5.74) is 0. The Morgan fingerprint density at radius 3 is 2.04 bits per heavy atom. The van der Waals surface area contributed by atoms with Gasteiger partial charge in [0.25, 0.3) is 0 Å². The number of benzene rings is 1. The highest BCUT2D eigenvalue weighted by Crippen LogP contribution is 2.30. The van der Waals surface area contributed by atoms with Gasteiger partial charge in [0.2, 0.25) is 5.91 Å². The summed E-state index contributed by atoms with van der Waals surface area (Å²) in [6, 6.07) is 12.0. The lowest BCUT2D eigenvalue weighted by Gasteiger charge is -2.21. The molecule has 5 heteroatoms. The number of nitrogens with zero attached hydrogens (tertiary/aromatic N) is 1. The minimum absolute atomic E-state index is 0.213. The smallest absolute Gasteiger partial charge is 0.224 e. The van der Waals surface area contributed by atoms with Crippen molar-refractivity contribution in [2.45, 2.75) is 46.1 Å². The molecule has 1 heterocycles. The zero-order valence-electron chi connectivity index (χ0n) is 16.5. The van der Waals surface area contributed by atoms with Crippen LogP contribution in [0.15, 0.2) is 36.4 Å². The van der Waals surface area contributed by atoms with Gasteiger partial charge in [-0.2, -0.15) is 0 Å². The minimum Gasteiger partial charge on any atom is -0.376 e. The molecule has 0 bridgehead atoms. The number of nitrogens with one attached hydrogen (secondary N) is 1. The van der Waals surface area contributed by atoms with Gasteiger partial charge in [-0.1, -0.05) is 62.2 Å². The molecule has 1 unspecified atom stereocenters. The van der Waals surface area contributed by atoms with Crippen LogP contribution in [0.4, 0.5) is 0 Å². The van der Waals surface area contributed by atoms with Crippen molar-refractivity contribution in [3.8, 4) is 0 Å². The van der Waals surface area contributed by atoms with Crippen molar-refractivity contribution < 1.29 is 9.53 Å². The fourth-order valence-corrected chi connectivity index (χ4v) is 2.14. The molecule has 1 N–H and O–H groups in total. The van der Waals surface area contributed by atoms with Gasteiger partial charge in [0.05, 0.1) is 19.1 Å². The number of rotatable bonds is 3. The summed E-state index contributed by atoms with van der Waals surface area (Å²) in [4.78, 5) is 13.6. The number of hydrogen-bond acceptors (Lipinski definition) is 4. The lowest BCUT2D eigenvalue weighted by molar-refractivity contribution is -0.130.